The maximum Gasteiger partial charge on any atom is 0.142 e. The highest BCUT2D eigenvalue weighted by Crippen LogP contribution is 1.96. The molecule has 0 fully saturated rings. The highest BCUT2D eigenvalue weighted by Gasteiger charge is 1.98. The van der Waals surface area contributed by atoms with Crippen LogP contribution in [0.5, 0.6) is 0 Å². The van der Waals surface area contributed by atoms with Gasteiger partial charge in [0.05, 0.1) is 12.2 Å². The number of aromatic nitrogens is 2. The molecule has 0 aromatic carbocycles. The molecule has 4 heteroatoms. The summed E-state index contributed by atoms with van der Waals surface area (Å²) in [5.41, 5.74) is 6.34. The van der Waals surface area contributed by atoms with E-state index in [0.29, 0.717) is 6.54 Å². The van der Waals surface area contributed by atoms with Gasteiger partial charge in [0.15, 0.2) is 0 Å². The van der Waals surface area contributed by atoms with Crippen molar-refractivity contribution >= 4 is 0 Å². The molecule has 0 aliphatic carbocycles. The van der Waals surface area contributed by atoms with Gasteiger partial charge < -0.3 is 10.6 Å². The summed E-state index contributed by atoms with van der Waals surface area (Å²) in [4.78, 5) is 10.4. The van der Waals surface area contributed by atoms with Gasteiger partial charge in [0, 0.05) is 12.7 Å². The molecule has 12 heavy (non-hydrogen) atoms. The topological polar surface area (TPSA) is 55.0 Å². The fraction of sp³-hybridized carbons (Fsp3) is 0.500. The summed E-state index contributed by atoms with van der Waals surface area (Å²) in [6.07, 6.45) is 1.74. The second-order valence-electron chi connectivity index (χ2n) is 2.91. The van der Waals surface area contributed by atoms with E-state index in [1.54, 1.807) is 6.20 Å². The van der Waals surface area contributed by atoms with Crippen LogP contribution in [0, 0.1) is 0 Å². The Morgan fingerprint density at radius 1 is 1.50 bits per heavy atom. The average molecular weight is 166 g/mol. The SMILES string of the molecule is CN(C)Cc1nccc(CN)n1. The zero-order valence-electron chi connectivity index (χ0n) is 7.49. The van der Waals surface area contributed by atoms with Gasteiger partial charge in [-0.15, -0.1) is 0 Å². The maximum absolute atomic E-state index is 5.45. The zero-order valence-corrected chi connectivity index (χ0v) is 7.49. The van der Waals surface area contributed by atoms with Crippen molar-refractivity contribution in [1.29, 1.82) is 0 Å². The molecule has 1 aromatic rings. The maximum atomic E-state index is 5.45. The lowest BCUT2D eigenvalue weighted by Gasteiger charge is -2.07. The molecular weight excluding hydrogens is 152 g/mol. The Balaban J connectivity index is 2.72. The van der Waals surface area contributed by atoms with Gasteiger partial charge in [0.2, 0.25) is 0 Å². The molecule has 0 saturated carbocycles. The van der Waals surface area contributed by atoms with Crippen molar-refractivity contribution in [2.75, 3.05) is 14.1 Å². The van der Waals surface area contributed by atoms with Gasteiger partial charge in [0.25, 0.3) is 0 Å². The molecule has 1 heterocycles. The third-order valence-corrected chi connectivity index (χ3v) is 1.43. The Labute approximate surface area is 72.4 Å². The summed E-state index contributed by atoms with van der Waals surface area (Å²) >= 11 is 0. The summed E-state index contributed by atoms with van der Waals surface area (Å²) in [5.74, 6) is 0.822. The molecule has 0 bridgehead atoms. The third-order valence-electron chi connectivity index (χ3n) is 1.43. The minimum absolute atomic E-state index is 0.475. The molecule has 0 radical (unpaired) electrons. The summed E-state index contributed by atoms with van der Waals surface area (Å²) in [5, 5.41) is 0. The largest absolute Gasteiger partial charge is 0.325 e. The molecule has 1 aromatic heterocycles. The van der Waals surface area contributed by atoms with Crippen molar-refractivity contribution < 1.29 is 0 Å². The Hall–Kier alpha value is -1.00. The Morgan fingerprint density at radius 2 is 2.25 bits per heavy atom. The van der Waals surface area contributed by atoms with Crippen LogP contribution >= 0.6 is 0 Å². The van der Waals surface area contributed by atoms with Crippen molar-refractivity contribution in [3.63, 3.8) is 0 Å². The lowest BCUT2D eigenvalue weighted by molar-refractivity contribution is 0.389. The van der Waals surface area contributed by atoms with E-state index in [-0.39, 0.29) is 0 Å². The predicted molar refractivity (Wildman–Crippen MR) is 47.3 cm³/mol. The van der Waals surface area contributed by atoms with E-state index in [1.807, 2.05) is 25.1 Å². The number of rotatable bonds is 3. The monoisotopic (exact) mass is 166 g/mol. The minimum atomic E-state index is 0.475. The van der Waals surface area contributed by atoms with Gasteiger partial charge >= 0.3 is 0 Å². The quantitative estimate of drug-likeness (QED) is 0.686. The first-order valence-corrected chi connectivity index (χ1v) is 3.88. The van der Waals surface area contributed by atoms with Crippen LogP contribution in [0.4, 0.5) is 0 Å². The van der Waals surface area contributed by atoms with E-state index >= 15 is 0 Å². The fourth-order valence-corrected chi connectivity index (χ4v) is 0.914. The van der Waals surface area contributed by atoms with Crippen LogP contribution in [-0.4, -0.2) is 29.0 Å². The van der Waals surface area contributed by atoms with Crippen molar-refractivity contribution in [3.05, 3.63) is 23.8 Å². The van der Waals surface area contributed by atoms with E-state index in [4.69, 9.17) is 5.73 Å². The standard InChI is InChI=1S/C8H14N4/c1-12(2)6-8-10-4-3-7(5-9)11-8/h3-4H,5-6,9H2,1-2H3. The van der Waals surface area contributed by atoms with Crippen molar-refractivity contribution in [3.8, 4) is 0 Å². The number of hydrogen-bond acceptors (Lipinski definition) is 4. The summed E-state index contributed by atoms with van der Waals surface area (Å²) < 4.78 is 0. The van der Waals surface area contributed by atoms with Gasteiger partial charge in [-0.1, -0.05) is 0 Å². The zero-order chi connectivity index (χ0) is 8.97. The summed E-state index contributed by atoms with van der Waals surface area (Å²) in [6, 6.07) is 1.83. The summed E-state index contributed by atoms with van der Waals surface area (Å²) in [7, 11) is 3.97. The average Bonchev–Trinajstić information content (AvgIpc) is 2.03. The number of nitrogens with two attached hydrogens (primary N) is 1. The first kappa shape index (κ1) is 9.09. The smallest absolute Gasteiger partial charge is 0.142 e. The molecule has 0 saturated heterocycles. The molecule has 1 rings (SSSR count). The van der Waals surface area contributed by atoms with Crippen LogP contribution in [0.1, 0.15) is 11.5 Å². The molecule has 0 aliphatic rings. The van der Waals surface area contributed by atoms with Gasteiger partial charge in [-0.2, -0.15) is 0 Å². The number of hydrogen-bond donors (Lipinski definition) is 1. The molecule has 0 spiro atoms. The minimum Gasteiger partial charge on any atom is -0.325 e. The fourth-order valence-electron chi connectivity index (χ4n) is 0.914. The Bertz CT molecular complexity index is 247. The van der Waals surface area contributed by atoms with Gasteiger partial charge in [0.1, 0.15) is 5.82 Å². The Morgan fingerprint density at radius 3 is 2.83 bits per heavy atom. The second-order valence-corrected chi connectivity index (χ2v) is 2.91. The van der Waals surface area contributed by atoms with E-state index in [1.165, 1.54) is 0 Å². The van der Waals surface area contributed by atoms with Gasteiger partial charge in [-0.3, -0.25) is 0 Å². The van der Waals surface area contributed by atoms with E-state index in [0.717, 1.165) is 18.1 Å². The lowest BCUT2D eigenvalue weighted by Crippen LogP contribution is -2.14. The highest BCUT2D eigenvalue weighted by molar-refractivity contribution is 5.01. The first-order valence-electron chi connectivity index (χ1n) is 3.88. The molecule has 0 unspecified atom stereocenters. The van der Waals surface area contributed by atoms with E-state index in [2.05, 4.69) is 9.97 Å². The highest BCUT2D eigenvalue weighted by atomic mass is 15.1. The molecule has 0 atom stereocenters. The van der Waals surface area contributed by atoms with Crippen LogP contribution in [-0.2, 0) is 13.1 Å². The van der Waals surface area contributed by atoms with Gasteiger partial charge in [-0.05, 0) is 20.2 Å². The van der Waals surface area contributed by atoms with Crippen LogP contribution in [0.25, 0.3) is 0 Å². The van der Waals surface area contributed by atoms with Gasteiger partial charge in [-0.25, -0.2) is 9.97 Å². The third kappa shape index (κ3) is 2.56. The van der Waals surface area contributed by atoms with Crippen LogP contribution < -0.4 is 5.73 Å². The normalized spacial score (nSPS) is 10.7. The predicted octanol–water partition coefficient (Wildman–Crippen LogP) is -0.00310. The molecule has 0 aliphatic heterocycles. The molecule has 4 nitrogen and oxygen atoms in total. The van der Waals surface area contributed by atoms with Crippen LogP contribution in [0.15, 0.2) is 12.3 Å². The molecule has 66 valence electrons. The first-order chi connectivity index (χ1) is 5.72. The summed E-state index contributed by atoms with van der Waals surface area (Å²) in [6.45, 7) is 1.23. The Kier molecular flexibility index (Phi) is 3.13. The van der Waals surface area contributed by atoms with Crippen LogP contribution in [0.2, 0.25) is 0 Å². The van der Waals surface area contributed by atoms with Crippen molar-refractivity contribution in [2.24, 2.45) is 5.73 Å². The van der Waals surface area contributed by atoms with Crippen LogP contribution in [0.3, 0.4) is 0 Å². The lowest BCUT2D eigenvalue weighted by atomic mass is 10.4. The number of nitrogens with zero attached hydrogens (tertiary/aromatic N) is 3. The van der Waals surface area contributed by atoms with Crippen molar-refractivity contribution in [1.82, 2.24) is 14.9 Å². The second kappa shape index (κ2) is 4.13. The van der Waals surface area contributed by atoms with E-state index < -0.39 is 0 Å². The van der Waals surface area contributed by atoms with Crippen molar-refractivity contribution in [2.45, 2.75) is 13.1 Å². The van der Waals surface area contributed by atoms with E-state index in [9.17, 15) is 0 Å². The molecule has 0 amide bonds. The molecular formula is C8H14N4. The molecule has 2 N–H and O–H groups in total.